The number of benzene rings is 1. The zero-order valence-corrected chi connectivity index (χ0v) is 12.6. The van der Waals surface area contributed by atoms with E-state index < -0.39 is 5.54 Å². The van der Waals surface area contributed by atoms with Crippen molar-refractivity contribution in [2.24, 2.45) is 11.7 Å². The molecule has 0 aliphatic heterocycles. The van der Waals surface area contributed by atoms with Crippen molar-refractivity contribution in [2.75, 3.05) is 0 Å². The molecule has 1 amide bonds. The minimum atomic E-state index is -0.968. The topological polar surface area (TPSA) is 55.1 Å². The van der Waals surface area contributed by atoms with Crippen LogP contribution in [0.15, 0.2) is 30.3 Å². The van der Waals surface area contributed by atoms with Crippen LogP contribution >= 0.6 is 0 Å². The van der Waals surface area contributed by atoms with Crippen molar-refractivity contribution < 1.29 is 4.79 Å². The fourth-order valence-electron chi connectivity index (χ4n) is 3.02. The van der Waals surface area contributed by atoms with Gasteiger partial charge in [0.25, 0.3) is 0 Å². The van der Waals surface area contributed by atoms with Gasteiger partial charge >= 0.3 is 0 Å². The Morgan fingerprint density at radius 1 is 1.25 bits per heavy atom. The molecule has 2 unspecified atom stereocenters. The predicted molar refractivity (Wildman–Crippen MR) is 82.2 cm³/mol. The van der Waals surface area contributed by atoms with Crippen LogP contribution in [-0.2, 0) is 10.3 Å². The number of nitrogens with two attached hydrogens (primary N) is 1. The van der Waals surface area contributed by atoms with Crippen molar-refractivity contribution in [3.63, 3.8) is 0 Å². The molecule has 1 aliphatic rings. The first kappa shape index (κ1) is 15.0. The van der Waals surface area contributed by atoms with Crippen molar-refractivity contribution in [1.29, 1.82) is 0 Å². The molecule has 0 saturated heterocycles. The SMILES string of the molecule is CC(NC(=O)C(C)(N)c1ccccc1)C1CCCCC1. The van der Waals surface area contributed by atoms with E-state index in [-0.39, 0.29) is 11.9 Å². The Labute approximate surface area is 121 Å². The Morgan fingerprint density at radius 2 is 1.85 bits per heavy atom. The molecule has 0 heterocycles. The van der Waals surface area contributed by atoms with Crippen LogP contribution in [0.4, 0.5) is 0 Å². The first-order valence-electron chi connectivity index (χ1n) is 7.67. The Hall–Kier alpha value is -1.35. The molecule has 2 atom stereocenters. The van der Waals surface area contributed by atoms with E-state index in [1.54, 1.807) is 6.92 Å². The van der Waals surface area contributed by atoms with Crippen molar-refractivity contribution in [2.45, 2.75) is 57.5 Å². The number of nitrogens with one attached hydrogen (secondary N) is 1. The summed E-state index contributed by atoms with van der Waals surface area (Å²) >= 11 is 0. The van der Waals surface area contributed by atoms with E-state index in [1.165, 1.54) is 32.1 Å². The van der Waals surface area contributed by atoms with Crippen LogP contribution in [0, 0.1) is 5.92 Å². The lowest BCUT2D eigenvalue weighted by Crippen LogP contribution is -2.52. The fourth-order valence-corrected chi connectivity index (χ4v) is 3.02. The molecule has 2 rings (SSSR count). The lowest BCUT2D eigenvalue weighted by molar-refractivity contribution is -0.127. The van der Waals surface area contributed by atoms with Crippen LogP contribution in [0.2, 0.25) is 0 Å². The number of carbonyl (C=O) groups excluding carboxylic acids is 1. The molecular weight excluding hydrogens is 248 g/mol. The van der Waals surface area contributed by atoms with Gasteiger partial charge in [0, 0.05) is 6.04 Å². The van der Waals surface area contributed by atoms with Crippen molar-refractivity contribution >= 4 is 5.91 Å². The van der Waals surface area contributed by atoms with Crippen LogP contribution in [-0.4, -0.2) is 11.9 Å². The number of hydrogen-bond acceptors (Lipinski definition) is 2. The zero-order valence-electron chi connectivity index (χ0n) is 12.6. The van der Waals surface area contributed by atoms with Gasteiger partial charge in [-0.25, -0.2) is 0 Å². The molecule has 1 saturated carbocycles. The molecule has 1 aromatic carbocycles. The van der Waals surface area contributed by atoms with Crippen LogP contribution < -0.4 is 11.1 Å². The summed E-state index contributed by atoms with van der Waals surface area (Å²) in [5.74, 6) is 0.515. The second-order valence-electron chi connectivity index (χ2n) is 6.23. The van der Waals surface area contributed by atoms with Gasteiger partial charge in [-0.05, 0) is 38.2 Å². The van der Waals surface area contributed by atoms with Gasteiger partial charge in [0.2, 0.25) is 5.91 Å². The summed E-state index contributed by atoms with van der Waals surface area (Å²) in [6.45, 7) is 3.89. The van der Waals surface area contributed by atoms with Gasteiger partial charge in [-0.1, -0.05) is 49.6 Å². The summed E-state index contributed by atoms with van der Waals surface area (Å²) in [6, 6.07) is 9.78. The smallest absolute Gasteiger partial charge is 0.244 e. The largest absolute Gasteiger partial charge is 0.351 e. The van der Waals surface area contributed by atoms with Gasteiger partial charge in [0.15, 0.2) is 0 Å². The maximum atomic E-state index is 12.5. The third-order valence-corrected chi connectivity index (χ3v) is 4.56. The highest BCUT2D eigenvalue weighted by molar-refractivity contribution is 5.87. The molecule has 0 radical (unpaired) electrons. The van der Waals surface area contributed by atoms with Crippen LogP contribution in [0.1, 0.15) is 51.5 Å². The third kappa shape index (κ3) is 3.40. The molecule has 1 aromatic rings. The van der Waals surface area contributed by atoms with E-state index in [0.717, 1.165) is 5.56 Å². The minimum Gasteiger partial charge on any atom is -0.351 e. The first-order chi connectivity index (χ1) is 9.51. The number of carbonyl (C=O) groups is 1. The van der Waals surface area contributed by atoms with E-state index in [0.29, 0.717) is 5.92 Å². The van der Waals surface area contributed by atoms with Gasteiger partial charge < -0.3 is 11.1 Å². The molecule has 110 valence electrons. The van der Waals surface area contributed by atoms with Crippen molar-refractivity contribution in [3.8, 4) is 0 Å². The monoisotopic (exact) mass is 274 g/mol. The van der Waals surface area contributed by atoms with E-state index in [9.17, 15) is 4.79 Å². The second-order valence-corrected chi connectivity index (χ2v) is 6.23. The standard InChI is InChI=1S/C17H26N2O/c1-13(14-9-5-3-6-10-14)19-16(20)17(2,18)15-11-7-4-8-12-15/h4,7-8,11-14H,3,5-6,9-10,18H2,1-2H3,(H,19,20). The Balaban J connectivity index is 2.00. The molecule has 3 heteroatoms. The lowest BCUT2D eigenvalue weighted by Gasteiger charge is -2.32. The highest BCUT2D eigenvalue weighted by Crippen LogP contribution is 2.27. The van der Waals surface area contributed by atoms with Crippen LogP contribution in [0.5, 0.6) is 0 Å². The molecular formula is C17H26N2O. The second kappa shape index (κ2) is 6.40. The van der Waals surface area contributed by atoms with E-state index in [2.05, 4.69) is 12.2 Å². The summed E-state index contributed by atoms with van der Waals surface area (Å²) in [6.07, 6.45) is 6.32. The predicted octanol–water partition coefficient (Wildman–Crippen LogP) is 2.95. The van der Waals surface area contributed by atoms with Crippen molar-refractivity contribution in [1.82, 2.24) is 5.32 Å². The molecule has 20 heavy (non-hydrogen) atoms. The van der Waals surface area contributed by atoms with Crippen LogP contribution in [0.3, 0.4) is 0 Å². The fraction of sp³-hybridized carbons (Fsp3) is 0.588. The Morgan fingerprint density at radius 3 is 2.45 bits per heavy atom. The van der Waals surface area contributed by atoms with E-state index in [4.69, 9.17) is 5.73 Å². The van der Waals surface area contributed by atoms with Gasteiger partial charge in [-0.2, -0.15) is 0 Å². The van der Waals surface area contributed by atoms with E-state index in [1.807, 2.05) is 30.3 Å². The Kier molecular flexibility index (Phi) is 4.81. The van der Waals surface area contributed by atoms with Crippen molar-refractivity contribution in [3.05, 3.63) is 35.9 Å². The number of amides is 1. The lowest BCUT2D eigenvalue weighted by atomic mass is 9.84. The van der Waals surface area contributed by atoms with Gasteiger partial charge in [0.1, 0.15) is 5.54 Å². The summed E-state index contributed by atoms with van der Waals surface area (Å²) in [5.41, 5.74) is 6.13. The molecule has 3 N–H and O–H groups in total. The number of rotatable bonds is 4. The maximum Gasteiger partial charge on any atom is 0.244 e. The quantitative estimate of drug-likeness (QED) is 0.887. The summed E-state index contributed by atoms with van der Waals surface area (Å²) in [5, 5.41) is 3.12. The normalized spacial score (nSPS) is 20.9. The van der Waals surface area contributed by atoms with E-state index >= 15 is 0 Å². The molecule has 3 nitrogen and oxygen atoms in total. The molecule has 0 bridgehead atoms. The van der Waals surface area contributed by atoms with Gasteiger partial charge in [-0.15, -0.1) is 0 Å². The summed E-state index contributed by atoms with van der Waals surface area (Å²) in [7, 11) is 0. The highest BCUT2D eigenvalue weighted by atomic mass is 16.2. The van der Waals surface area contributed by atoms with Crippen LogP contribution in [0.25, 0.3) is 0 Å². The average molecular weight is 274 g/mol. The molecule has 1 aliphatic carbocycles. The number of hydrogen-bond donors (Lipinski definition) is 2. The molecule has 0 spiro atoms. The molecule has 1 fully saturated rings. The molecule has 0 aromatic heterocycles. The van der Waals surface area contributed by atoms with Gasteiger partial charge in [0.05, 0.1) is 0 Å². The highest BCUT2D eigenvalue weighted by Gasteiger charge is 2.32. The minimum absolute atomic E-state index is 0.0817. The summed E-state index contributed by atoms with van der Waals surface area (Å²) in [4.78, 5) is 12.5. The third-order valence-electron chi connectivity index (χ3n) is 4.56. The maximum absolute atomic E-state index is 12.5. The zero-order chi connectivity index (χ0) is 14.6. The average Bonchev–Trinajstić information content (AvgIpc) is 2.49. The Bertz CT molecular complexity index is 436. The van der Waals surface area contributed by atoms with Gasteiger partial charge in [-0.3, -0.25) is 4.79 Å². The summed E-state index contributed by atoms with van der Waals surface area (Å²) < 4.78 is 0. The first-order valence-corrected chi connectivity index (χ1v) is 7.67.